The Bertz CT molecular complexity index is 1180. The molecule has 1 aliphatic rings. The molecule has 0 aliphatic carbocycles. The van der Waals surface area contributed by atoms with Crippen molar-refractivity contribution in [3.8, 4) is 0 Å². The zero-order valence-electron chi connectivity index (χ0n) is 18.6. The number of halogens is 3. The first-order valence-corrected chi connectivity index (χ1v) is 12.7. The van der Waals surface area contributed by atoms with Gasteiger partial charge in [0.15, 0.2) is 0 Å². The largest absolute Gasteiger partial charge is 0.516 e. The second kappa shape index (κ2) is 10.2. The van der Waals surface area contributed by atoms with Crippen LogP contribution < -0.4 is 9.62 Å². The van der Waals surface area contributed by atoms with Crippen LogP contribution in [0.4, 0.5) is 35.4 Å². The molecule has 1 aromatic heterocycles. The normalized spacial score (nSPS) is 14.5. The molecule has 0 saturated heterocycles. The van der Waals surface area contributed by atoms with E-state index in [1.165, 1.54) is 12.1 Å². The van der Waals surface area contributed by atoms with Crippen LogP contribution in [0, 0.1) is 0 Å². The van der Waals surface area contributed by atoms with Crippen molar-refractivity contribution in [3.05, 3.63) is 22.7 Å². The molecule has 34 heavy (non-hydrogen) atoms. The summed E-state index contributed by atoms with van der Waals surface area (Å²) in [6, 6.07) is 2.84. The van der Waals surface area contributed by atoms with Crippen LogP contribution in [0.15, 0.2) is 22.4 Å². The molecule has 2 aromatic rings. The number of carbonyl (C=O) groups excluding carboxylic acids is 1. The molecular formula is C19H23F3N6O4S2. The van der Waals surface area contributed by atoms with Gasteiger partial charge in [-0.2, -0.15) is 21.6 Å². The quantitative estimate of drug-likeness (QED) is 0.386. The molecule has 15 heteroatoms. The fraction of sp³-hybridized carbons (Fsp3) is 0.526. The highest BCUT2D eigenvalue weighted by Crippen LogP contribution is 2.39. The molecule has 0 bridgehead atoms. The molecule has 0 spiro atoms. The molecule has 0 radical (unpaired) electrons. The number of esters is 1. The molecule has 0 fully saturated rings. The van der Waals surface area contributed by atoms with E-state index in [4.69, 9.17) is 4.74 Å². The van der Waals surface area contributed by atoms with E-state index in [2.05, 4.69) is 20.4 Å². The molecule has 1 N–H and O–H groups in total. The number of anilines is 2. The maximum atomic E-state index is 13.0. The Kier molecular flexibility index (Phi) is 7.75. The summed E-state index contributed by atoms with van der Waals surface area (Å²) in [6.45, 7) is 6.67. The number of aromatic nitrogens is 2. The predicted octanol–water partition coefficient (Wildman–Crippen LogP) is 4.94. The second-order valence-electron chi connectivity index (χ2n) is 7.68. The van der Waals surface area contributed by atoms with E-state index in [1.54, 1.807) is 18.6 Å². The van der Waals surface area contributed by atoms with E-state index in [9.17, 15) is 26.4 Å². The summed E-state index contributed by atoms with van der Waals surface area (Å²) < 4.78 is 69.3. The fourth-order valence-corrected chi connectivity index (χ4v) is 4.38. The molecule has 0 amide bonds. The van der Waals surface area contributed by atoms with Gasteiger partial charge in [-0.1, -0.05) is 18.3 Å². The number of rotatable bonds is 8. The summed E-state index contributed by atoms with van der Waals surface area (Å²) >= 11 is 0.777. The number of aryl methyl sites for hydroxylation is 1. The van der Waals surface area contributed by atoms with E-state index in [0.29, 0.717) is 25.2 Å². The molecule has 0 unspecified atom stereocenters. The van der Waals surface area contributed by atoms with Crippen LogP contribution in [0.1, 0.15) is 49.0 Å². The number of sulfonamides is 1. The number of fused-ring (bicyclic) bond motifs is 1. The van der Waals surface area contributed by atoms with Crippen molar-refractivity contribution >= 4 is 49.5 Å². The molecular weight excluding hydrogens is 497 g/mol. The number of hydrogen-bond donors (Lipinski definition) is 1. The Morgan fingerprint density at radius 2 is 2.03 bits per heavy atom. The van der Waals surface area contributed by atoms with E-state index < -0.39 is 21.5 Å². The highest BCUT2D eigenvalue weighted by Gasteiger charge is 2.46. The third-order valence-corrected chi connectivity index (χ3v) is 6.51. The molecule has 186 valence electrons. The van der Waals surface area contributed by atoms with Gasteiger partial charge in [-0.25, -0.2) is 4.79 Å². The molecule has 0 atom stereocenters. The van der Waals surface area contributed by atoms with E-state index >= 15 is 0 Å². The van der Waals surface area contributed by atoms with Gasteiger partial charge in [-0.05, 0) is 50.8 Å². The van der Waals surface area contributed by atoms with Crippen LogP contribution in [-0.2, 0) is 21.2 Å². The molecule has 10 nitrogen and oxygen atoms in total. The van der Waals surface area contributed by atoms with Crippen molar-refractivity contribution in [3.63, 3.8) is 0 Å². The Hall–Kier alpha value is -2.81. The molecule has 1 aliphatic heterocycles. The van der Waals surface area contributed by atoms with Crippen LogP contribution >= 0.6 is 11.3 Å². The summed E-state index contributed by atoms with van der Waals surface area (Å²) in [6.07, 6.45) is 1.92. The Balaban J connectivity index is 1.99. The summed E-state index contributed by atoms with van der Waals surface area (Å²) in [5.74, 6) is -0.697. The summed E-state index contributed by atoms with van der Waals surface area (Å²) in [7, 11) is -5.69. The smallest absolute Gasteiger partial charge is 0.458 e. The first-order valence-electron chi connectivity index (χ1n) is 10.4. The monoisotopic (exact) mass is 520 g/mol. The van der Waals surface area contributed by atoms with Crippen molar-refractivity contribution in [1.82, 2.24) is 10.2 Å². The van der Waals surface area contributed by atoms with E-state index in [-0.39, 0.29) is 27.6 Å². The van der Waals surface area contributed by atoms with Crippen molar-refractivity contribution in [1.29, 1.82) is 0 Å². The van der Waals surface area contributed by atoms with Gasteiger partial charge < -0.3 is 9.64 Å². The fourth-order valence-electron chi connectivity index (χ4n) is 3.26. The van der Waals surface area contributed by atoms with Gasteiger partial charge in [0.25, 0.3) is 5.13 Å². The minimum absolute atomic E-state index is 0.0503. The lowest BCUT2D eigenvalue weighted by molar-refractivity contribution is -0.0429. The Labute approximate surface area is 198 Å². The van der Waals surface area contributed by atoms with Crippen molar-refractivity contribution in [2.75, 3.05) is 22.7 Å². The van der Waals surface area contributed by atoms with Gasteiger partial charge in [-0.15, -0.1) is 20.4 Å². The number of carbonyl (C=O) groups is 1. The van der Waals surface area contributed by atoms with Crippen molar-refractivity contribution in [2.45, 2.75) is 51.6 Å². The number of hydrogen-bond acceptors (Lipinski definition) is 10. The lowest BCUT2D eigenvalue weighted by Gasteiger charge is -2.32. The predicted molar refractivity (Wildman–Crippen MR) is 121 cm³/mol. The van der Waals surface area contributed by atoms with Crippen molar-refractivity contribution < 1.29 is 31.1 Å². The number of ether oxygens (including phenoxy) is 1. The average Bonchev–Trinajstić information content (AvgIpc) is 3.20. The van der Waals surface area contributed by atoms with Gasteiger partial charge >= 0.3 is 21.5 Å². The van der Waals surface area contributed by atoms with Gasteiger partial charge in [0.2, 0.25) is 5.01 Å². The van der Waals surface area contributed by atoms with Crippen LogP contribution in [0.3, 0.4) is 0 Å². The first kappa shape index (κ1) is 25.8. The standard InChI is InChI=1S/C19H23F3N6O4S2/c1-4-7-28-8-5-6-12-9-13(14(10-15(12)28)27-34(30,31)19(20,21)22)23-25-18-26-24-16(33-18)17(29)32-11(2)3/h9-11,27H,4-8H2,1-3H3. The molecule has 0 saturated carbocycles. The zero-order valence-corrected chi connectivity index (χ0v) is 20.2. The topological polar surface area (TPSA) is 126 Å². The minimum Gasteiger partial charge on any atom is -0.458 e. The van der Waals surface area contributed by atoms with Gasteiger partial charge in [0.05, 0.1) is 11.8 Å². The Morgan fingerprint density at radius 1 is 1.29 bits per heavy atom. The highest BCUT2D eigenvalue weighted by molar-refractivity contribution is 7.93. The average molecular weight is 521 g/mol. The van der Waals surface area contributed by atoms with Crippen molar-refractivity contribution in [2.24, 2.45) is 10.2 Å². The minimum atomic E-state index is -5.69. The molecule has 3 rings (SSSR count). The highest BCUT2D eigenvalue weighted by atomic mass is 32.2. The van der Waals surface area contributed by atoms with Gasteiger partial charge in [0, 0.05) is 18.8 Å². The maximum Gasteiger partial charge on any atom is 0.516 e. The number of nitrogens with one attached hydrogen (secondary N) is 1. The third-order valence-electron chi connectivity index (χ3n) is 4.63. The third kappa shape index (κ3) is 6.00. The van der Waals surface area contributed by atoms with Crippen LogP contribution in [0.5, 0.6) is 0 Å². The molecule has 2 heterocycles. The second-order valence-corrected chi connectivity index (χ2v) is 10.3. The van der Waals surface area contributed by atoms with E-state index in [0.717, 1.165) is 29.7 Å². The van der Waals surface area contributed by atoms with Crippen LogP contribution in [0.25, 0.3) is 0 Å². The number of nitrogens with zero attached hydrogens (tertiary/aromatic N) is 5. The van der Waals surface area contributed by atoms with Gasteiger partial charge in [0.1, 0.15) is 5.69 Å². The lowest BCUT2D eigenvalue weighted by atomic mass is 10.00. The van der Waals surface area contributed by atoms with E-state index in [1.807, 2.05) is 11.8 Å². The maximum absolute atomic E-state index is 13.0. The lowest BCUT2D eigenvalue weighted by Crippen LogP contribution is -2.31. The molecule has 1 aromatic carbocycles. The summed E-state index contributed by atoms with van der Waals surface area (Å²) in [5.41, 5.74) is -4.55. The number of benzene rings is 1. The number of alkyl halides is 3. The van der Waals surface area contributed by atoms with Crippen LogP contribution in [-0.4, -0.2) is 49.3 Å². The Morgan fingerprint density at radius 3 is 2.68 bits per heavy atom. The first-order chi connectivity index (χ1) is 15.9. The SMILES string of the molecule is CCCN1CCCc2cc(N=Nc3nnc(C(=O)OC(C)C)s3)c(NS(=O)(=O)C(F)(F)F)cc21. The number of azo groups is 1. The summed E-state index contributed by atoms with van der Waals surface area (Å²) in [5, 5.41) is 15.0. The zero-order chi connectivity index (χ0) is 25.1. The summed E-state index contributed by atoms with van der Waals surface area (Å²) in [4.78, 5) is 13.9. The van der Waals surface area contributed by atoms with Gasteiger partial charge in [-0.3, -0.25) is 4.72 Å². The van der Waals surface area contributed by atoms with Crippen LogP contribution in [0.2, 0.25) is 0 Å².